The average molecular weight is 412 g/mol. The van der Waals surface area contributed by atoms with E-state index in [2.05, 4.69) is 10.3 Å². The van der Waals surface area contributed by atoms with Crippen LogP contribution in [0.3, 0.4) is 0 Å². The van der Waals surface area contributed by atoms with Gasteiger partial charge in [0.15, 0.2) is 0 Å². The maximum Gasteiger partial charge on any atom is 0.433 e. The Morgan fingerprint density at radius 1 is 1.29 bits per heavy atom. The number of benzene rings is 1. The number of alkyl halides is 3. The van der Waals surface area contributed by atoms with Crippen molar-refractivity contribution in [2.75, 3.05) is 11.9 Å². The first-order valence-corrected chi connectivity index (χ1v) is 7.44. The second-order valence-corrected chi connectivity index (χ2v) is 5.83. The molecule has 0 amide bonds. The highest BCUT2D eigenvalue weighted by Crippen LogP contribution is 2.38. The molecular weight excluding hydrogens is 399 g/mol. The van der Waals surface area contributed by atoms with Crippen LogP contribution in [0, 0.1) is 16.3 Å². The minimum atomic E-state index is -4.54. The van der Waals surface area contributed by atoms with Crippen LogP contribution >= 0.6 is 22.6 Å². The van der Waals surface area contributed by atoms with Crippen LogP contribution in [0.1, 0.15) is 24.6 Å². The van der Waals surface area contributed by atoms with Crippen LogP contribution in [0.5, 0.6) is 0 Å². The summed E-state index contributed by atoms with van der Waals surface area (Å²) in [4.78, 5) is 3.72. The number of nitrogens with zero attached hydrogens (tertiary/aromatic N) is 1. The second-order valence-electron chi connectivity index (χ2n) is 4.67. The molecule has 7 heteroatoms. The van der Waals surface area contributed by atoms with Crippen molar-refractivity contribution >= 4 is 39.2 Å². The SMILES string of the molecule is CCCNc1c(C)c(C(F)(F)F)nc2c(I)cc(F)cc12. The van der Waals surface area contributed by atoms with Crippen LogP contribution in [-0.4, -0.2) is 11.5 Å². The van der Waals surface area contributed by atoms with Crippen LogP contribution < -0.4 is 5.32 Å². The molecule has 21 heavy (non-hydrogen) atoms. The molecule has 114 valence electrons. The molecule has 0 radical (unpaired) electrons. The van der Waals surface area contributed by atoms with Crippen LogP contribution in [0.2, 0.25) is 0 Å². The number of aromatic nitrogens is 1. The standard InChI is InChI=1S/C14H13F4IN2/c1-3-4-20-11-7(2)13(14(16,17)18)21-12-9(11)5-8(15)6-10(12)19/h5-6H,3-4H2,1-2H3,(H,20,21). The molecular formula is C14H13F4IN2. The molecule has 0 aliphatic heterocycles. The van der Waals surface area contributed by atoms with E-state index in [1.807, 2.05) is 6.92 Å². The number of halogens is 5. The summed E-state index contributed by atoms with van der Waals surface area (Å²) < 4.78 is 53.3. The van der Waals surface area contributed by atoms with Crippen molar-refractivity contribution < 1.29 is 17.6 Å². The van der Waals surface area contributed by atoms with Gasteiger partial charge in [-0.15, -0.1) is 0 Å². The Balaban J connectivity index is 2.83. The van der Waals surface area contributed by atoms with Gasteiger partial charge in [-0.3, -0.25) is 0 Å². The highest BCUT2D eigenvalue weighted by Gasteiger charge is 2.36. The summed E-state index contributed by atoms with van der Waals surface area (Å²) in [5.41, 5.74) is -0.483. The van der Waals surface area contributed by atoms with Crippen LogP contribution in [-0.2, 0) is 6.18 Å². The van der Waals surface area contributed by atoms with E-state index in [9.17, 15) is 17.6 Å². The summed E-state index contributed by atoms with van der Waals surface area (Å²) in [7, 11) is 0. The minimum absolute atomic E-state index is 0.00940. The Labute approximate surface area is 133 Å². The molecule has 0 aliphatic carbocycles. The Morgan fingerprint density at radius 2 is 1.95 bits per heavy atom. The maximum atomic E-state index is 13.6. The summed E-state index contributed by atoms with van der Waals surface area (Å²) in [6, 6.07) is 2.39. The topological polar surface area (TPSA) is 24.9 Å². The lowest BCUT2D eigenvalue weighted by atomic mass is 10.1. The molecule has 1 heterocycles. The van der Waals surface area contributed by atoms with E-state index in [0.717, 1.165) is 6.42 Å². The summed E-state index contributed by atoms with van der Waals surface area (Å²) in [5.74, 6) is -0.493. The van der Waals surface area contributed by atoms with Crippen molar-refractivity contribution in [3.8, 4) is 0 Å². The summed E-state index contributed by atoms with van der Waals surface area (Å²) in [6.45, 7) is 3.76. The molecule has 1 aromatic carbocycles. The quantitative estimate of drug-likeness (QED) is 0.559. The predicted molar refractivity (Wildman–Crippen MR) is 82.9 cm³/mol. The Kier molecular flexibility index (Phi) is 4.60. The van der Waals surface area contributed by atoms with Crippen molar-refractivity contribution in [2.24, 2.45) is 0 Å². The molecule has 0 aliphatic rings. The van der Waals surface area contributed by atoms with Gasteiger partial charge in [-0.25, -0.2) is 9.37 Å². The lowest BCUT2D eigenvalue weighted by Gasteiger charge is -2.18. The first-order chi connectivity index (χ1) is 9.75. The number of fused-ring (bicyclic) bond motifs is 1. The summed E-state index contributed by atoms with van der Waals surface area (Å²) >= 11 is 1.80. The number of hydrogen-bond acceptors (Lipinski definition) is 2. The van der Waals surface area contributed by atoms with E-state index in [-0.39, 0.29) is 11.1 Å². The van der Waals surface area contributed by atoms with E-state index in [1.54, 1.807) is 22.6 Å². The van der Waals surface area contributed by atoms with Crippen LogP contribution in [0.25, 0.3) is 10.9 Å². The first kappa shape index (κ1) is 16.3. The van der Waals surface area contributed by atoms with Gasteiger partial charge in [0.2, 0.25) is 0 Å². The van der Waals surface area contributed by atoms with Crippen molar-refractivity contribution in [1.82, 2.24) is 4.98 Å². The van der Waals surface area contributed by atoms with Crippen LogP contribution in [0.4, 0.5) is 23.2 Å². The van der Waals surface area contributed by atoms with Gasteiger partial charge in [0.1, 0.15) is 11.5 Å². The monoisotopic (exact) mass is 412 g/mol. The zero-order valence-electron chi connectivity index (χ0n) is 11.4. The molecule has 1 N–H and O–H groups in total. The predicted octanol–water partition coefficient (Wildman–Crippen LogP) is 5.13. The number of rotatable bonds is 3. The van der Waals surface area contributed by atoms with E-state index in [4.69, 9.17) is 0 Å². The smallest absolute Gasteiger partial charge is 0.384 e. The lowest BCUT2D eigenvalue weighted by Crippen LogP contribution is -2.14. The first-order valence-electron chi connectivity index (χ1n) is 6.36. The van der Waals surface area contributed by atoms with Crippen molar-refractivity contribution in [3.05, 3.63) is 32.8 Å². The normalized spacial score (nSPS) is 12.0. The zero-order valence-corrected chi connectivity index (χ0v) is 13.6. The molecule has 2 rings (SSSR count). The summed E-state index contributed by atoms with van der Waals surface area (Å²) in [6.07, 6.45) is -3.80. The molecule has 0 unspecified atom stereocenters. The molecule has 0 spiro atoms. The molecule has 0 atom stereocenters. The molecule has 2 aromatic rings. The van der Waals surface area contributed by atoms with Crippen molar-refractivity contribution in [2.45, 2.75) is 26.4 Å². The second kappa shape index (κ2) is 5.94. The van der Waals surface area contributed by atoms with E-state index >= 15 is 0 Å². The average Bonchev–Trinajstić information content (AvgIpc) is 2.35. The highest BCUT2D eigenvalue weighted by atomic mass is 127. The molecule has 0 saturated carbocycles. The number of hydrogen-bond donors (Lipinski definition) is 1. The molecule has 1 aromatic heterocycles. The molecule has 0 bridgehead atoms. The van der Waals surface area contributed by atoms with Crippen LogP contribution in [0.15, 0.2) is 12.1 Å². The van der Waals surface area contributed by atoms with E-state index in [0.29, 0.717) is 21.2 Å². The Hall–Kier alpha value is -1.12. The number of nitrogens with one attached hydrogen (secondary N) is 1. The van der Waals surface area contributed by atoms with Gasteiger partial charge in [0.25, 0.3) is 0 Å². The van der Waals surface area contributed by atoms with E-state index < -0.39 is 17.7 Å². The van der Waals surface area contributed by atoms with Gasteiger partial charge in [0.05, 0.1) is 5.52 Å². The summed E-state index contributed by atoms with van der Waals surface area (Å²) in [5, 5.41) is 3.34. The van der Waals surface area contributed by atoms with Gasteiger partial charge < -0.3 is 5.32 Å². The van der Waals surface area contributed by atoms with Gasteiger partial charge in [-0.05, 0) is 48.1 Å². The molecule has 0 fully saturated rings. The molecule has 2 nitrogen and oxygen atoms in total. The van der Waals surface area contributed by atoms with E-state index in [1.165, 1.54) is 19.1 Å². The third-order valence-electron chi connectivity index (χ3n) is 3.07. The van der Waals surface area contributed by atoms with Gasteiger partial charge in [0, 0.05) is 26.8 Å². The van der Waals surface area contributed by atoms with Crippen molar-refractivity contribution in [3.63, 3.8) is 0 Å². The number of pyridine rings is 1. The Bertz CT molecular complexity index is 683. The minimum Gasteiger partial charge on any atom is -0.384 e. The fraction of sp³-hybridized carbons (Fsp3) is 0.357. The lowest BCUT2D eigenvalue weighted by molar-refractivity contribution is -0.141. The van der Waals surface area contributed by atoms with Gasteiger partial charge in [-0.2, -0.15) is 13.2 Å². The zero-order chi connectivity index (χ0) is 15.8. The fourth-order valence-electron chi connectivity index (χ4n) is 2.14. The third-order valence-corrected chi connectivity index (χ3v) is 3.89. The van der Waals surface area contributed by atoms with Gasteiger partial charge >= 0.3 is 6.18 Å². The van der Waals surface area contributed by atoms with Crippen molar-refractivity contribution in [1.29, 1.82) is 0 Å². The number of anilines is 1. The maximum absolute atomic E-state index is 13.6. The molecule has 0 saturated heterocycles. The highest BCUT2D eigenvalue weighted by molar-refractivity contribution is 14.1. The van der Waals surface area contributed by atoms with Gasteiger partial charge in [-0.1, -0.05) is 6.92 Å². The largest absolute Gasteiger partial charge is 0.433 e. The fourth-order valence-corrected chi connectivity index (χ4v) is 2.85. The third kappa shape index (κ3) is 3.22. The Morgan fingerprint density at radius 3 is 2.52 bits per heavy atom.